The molecule has 0 aromatic heterocycles. The van der Waals surface area contributed by atoms with E-state index in [0.29, 0.717) is 6.10 Å². The van der Waals surface area contributed by atoms with Gasteiger partial charge >= 0.3 is 0 Å². The summed E-state index contributed by atoms with van der Waals surface area (Å²) in [4.78, 5) is 0. The summed E-state index contributed by atoms with van der Waals surface area (Å²) in [5.74, 6) is 0. The van der Waals surface area contributed by atoms with Crippen LogP contribution < -0.4 is 0 Å². The Hall–Kier alpha value is -0.820. The Labute approximate surface area is 73.4 Å². The van der Waals surface area contributed by atoms with E-state index in [-0.39, 0.29) is 0 Å². The van der Waals surface area contributed by atoms with E-state index in [9.17, 15) is 0 Å². The molecule has 1 nitrogen and oxygen atoms in total. The molecule has 0 radical (unpaired) electrons. The molecule has 1 unspecified atom stereocenters. The first-order valence-corrected chi connectivity index (χ1v) is 4.58. The van der Waals surface area contributed by atoms with Crippen molar-refractivity contribution < 1.29 is 4.74 Å². The molecule has 64 valence electrons. The third kappa shape index (κ3) is 1.37. The molecular formula is C11H14O. The highest BCUT2D eigenvalue weighted by Gasteiger charge is 2.16. The minimum Gasteiger partial charge on any atom is -0.373 e. The third-order valence-electron chi connectivity index (χ3n) is 2.50. The topological polar surface area (TPSA) is 9.23 Å². The summed E-state index contributed by atoms with van der Waals surface area (Å²) in [5, 5.41) is 0. The molecule has 1 aromatic carbocycles. The zero-order valence-electron chi connectivity index (χ0n) is 7.42. The second-order valence-electron chi connectivity index (χ2n) is 3.31. The van der Waals surface area contributed by atoms with Gasteiger partial charge in [0.25, 0.3) is 0 Å². The molecule has 2 rings (SSSR count). The van der Waals surface area contributed by atoms with Gasteiger partial charge in [-0.2, -0.15) is 0 Å². The lowest BCUT2D eigenvalue weighted by Crippen LogP contribution is -2.21. The zero-order valence-corrected chi connectivity index (χ0v) is 7.42. The van der Waals surface area contributed by atoms with Gasteiger partial charge in [-0.3, -0.25) is 0 Å². The van der Waals surface area contributed by atoms with Gasteiger partial charge in [-0.05, 0) is 24.0 Å². The van der Waals surface area contributed by atoms with Crippen molar-refractivity contribution in [3.05, 3.63) is 35.4 Å². The molecule has 0 N–H and O–H groups in total. The monoisotopic (exact) mass is 162 g/mol. The first kappa shape index (κ1) is 7.81. The van der Waals surface area contributed by atoms with Crippen molar-refractivity contribution >= 4 is 0 Å². The number of hydrogen-bond donors (Lipinski definition) is 0. The molecule has 12 heavy (non-hydrogen) atoms. The van der Waals surface area contributed by atoms with E-state index < -0.39 is 0 Å². The Balaban J connectivity index is 2.23. The second-order valence-corrected chi connectivity index (χ2v) is 3.31. The zero-order chi connectivity index (χ0) is 8.39. The predicted octanol–water partition coefficient (Wildman–Crippen LogP) is 2.54. The van der Waals surface area contributed by atoms with Gasteiger partial charge in [0.05, 0.1) is 12.7 Å². The maximum atomic E-state index is 5.65. The van der Waals surface area contributed by atoms with Gasteiger partial charge in [-0.1, -0.05) is 31.2 Å². The fourth-order valence-electron chi connectivity index (χ4n) is 1.67. The Morgan fingerprint density at radius 1 is 1.33 bits per heavy atom. The molecule has 0 saturated heterocycles. The van der Waals surface area contributed by atoms with Crippen molar-refractivity contribution in [3.8, 4) is 0 Å². The highest BCUT2D eigenvalue weighted by Crippen LogP contribution is 2.21. The fourth-order valence-corrected chi connectivity index (χ4v) is 1.67. The molecule has 1 aliphatic rings. The lowest BCUT2D eigenvalue weighted by molar-refractivity contribution is 0.0264. The van der Waals surface area contributed by atoms with Crippen LogP contribution >= 0.6 is 0 Å². The van der Waals surface area contributed by atoms with E-state index in [4.69, 9.17) is 4.74 Å². The van der Waals surface area contributed by atoms with Gasteiger partial charge < -0.3 is 4.74 Å². The third-order valence-corrected chi connectivity index (χ3v) is 2.50. The average Bonchev–Trinajstić information content (AvgIpc) is 2.17. The van der Waals surface area contributed by atoms with E-state index in [2.05, 4.69) is 31.2 Å². The average molecular weight is 162 g/mol. The highest BCUT2D eigenvalue weighted by molar-refractivity contribution is 5.28. The number of fused-ring (bicyclic) bond motifs is 1. The molecule has 0 amide bonds. The second kappa shape index (κ2) is 3.28. The van der Waals surface area contributed by atoms with Crippen LogP contribution in [-0.2, 0) is 17.8 Å². The summed E-state index contributed by atoms with van der Waals surface area (Å²) in [5.41, 5.74) is 2.83. The maximum absolute atomic E-state index is 5.65. The van der Waals surface area contributed by atoms with Gasteiger partial charge in [-0.15, -0.1) is 0 Å². The number of ether oxygens (including phenoxy) is 1. The first-order chi connectivity index (χ1) is 5.90. The van der Waals surface area contributed by atoms with E-state index in [1.807, 2.05) is 0 Å². The van der Waals surface area contributed by atoms with E-state index in [1.54, 1.807) is 0 Å². The molecule has 1 aliphatic heterocycles. The standard InChI is InChI=1S/C11H14O/c1-2-11-7-9-5-3-4-6-10(9)8-12-11/h3-6,11H,2,7-8H2,1H3. The van der Waals surface area contributed by atoms with Crippen molar-refractivity contribution in [1.82, 2.24) is 0 Å². The van der Waals surface area contributed by atoms with Crippen LogP contribution in [0.25, 0.3) is 0 Å². The van der Waals surface area contributed by atoms with Crippen LogP contribution in [0.15, 0.2) is 24.3 Å². The SMILES string of the molecule is CCC1Cc2ccccc2CO1. The molecule has 0 saturated carbocycles. The van der Waals surface area contributed by atoms with Gasteiger partial charge in [0.1, 0.15) is 0 Å². The van der Waals surface area contributed by atoms with Crippen LogP contribution in [0.4, 0.5) is 0 Å². The fraction of sp³-hybridized carbons (Fsp3) is 0.455. The molecule has 0 spiro atoms. The quantitative estimate of drug-likeness (QED) is 0.616. The number of benzene rings is 1. The van der Waals surface area contributed by atoms with Crippen LogP contribution in [0, 0.1) is 0 Å². The molecule has 1 heterocycles. The molecule has 1 heteroatoms. The summed E-state index contributed by atoms with van der Waals surface area (Å²) >= 11 is 0. The van der Waals surface area contributed by atoms with Gasteiger partial charge in [0, 0.05) is 0 Å². The Morgan fingerprint density at radius 2 is 2.08 bits per heavy atom. The highest BCUT2D eigenvalue weighted by atomic mass is 16.5. The number of rotatable bonds is 1. The summed E-state index contributed by atoms with van der Waals surface area (Å²) in [6, 6.07) is 8.55. The van der Waals surface area contributed by atoms with Crippen LogP contribution in [0.5, 0.6) is 0 Å². The van der Waals surface area contributed by atoms with Crippen LogP contribution in [0.2, 0.25) is 0 Å². The lowest BCUT2D eigenvalue weighted by atomic mass is 9.98. The Kier molecular flexibility index (Phi) is 2.13. The summed E-state index contributed by atoms with van der Waals surface area (Å²) in [7, 11) is 0. The minimum absolute atomic E-state index is 0.444. The molecule has 1 atom stereocenters. The summed E-state index contributed by atoms with van der Waals surface area (Å²) in [6.07, 6.45) is 2.65. The van der Waals surface area contributed by atoms with Crippen molar-refractivity contribution in [2.24, 2.45) is 0 Å². The first-order valence-electron chi connectivity index (χ1n) is 4.58. The van der Waals surface area contributed by atoms with Gasteiger partial charge in [0.2, 0.25) is 0 Å². The van der Waals surface area contributed by atoms with Crippen LogP contribution in [-0.4, -0.2) is 6.10 Å². The Bertz CT molecular complexity index is 267. The normalized spacial score (nSPS) is 21.9. The molecular weight excluding hydrogens is 148 g/mol. The summed E-state index contributed by atoms with van der Waals surface area (Å²) < 4.78 is 5.65. The Morgan fingerprint density at radius 3 is 2.83 bits per heavy atom. The maximum Gasteiger partial charge on any atom is 0.0723 e. The molecule has 0 bridgehead atoms. The van der Waals surface area contributed by atoms with E-state index in [0.717, 1.165) is 19.4 Å². The van der Waals surface area contributed by atoms with Crippen molar-refractivity contribution in [2.45, 2.75) is 32.5 Å². The van der Waals surface area contributed by atoms with Crippen molar-refractivity contribution in [1.29, 1.82) is 0 Å². The predicted molar refractivity (Wildman–Crippen MR) is 49.0 cm³/mol. The minimum atomic E-state index is 0.444. The van der Waals surface area contributed by atoms with Crippen molar-refractivity contribution in [2.75, 3.05) is 0 Å². The van der Waals surface area contributed by atoms with E-state index >= 15 is 0 Å². The van der Waals surface area contributed by atoms with Crippen LogP contribution in [0.1, 0.15) is 24.5 Å². The molecule has 0 aliphatic carbocycles. The largest absolute Gasteiger partial charge is 0.373 e. The van der Waals surface area contributed by atoms with E-state index in [1.165, 1.54) is 11.1 Å². The number of hydrogen-bond acceptors (Lipinski definition) is 1. The van der Waals surface area contributed by atoms with Crippen molar-refractivity contribution in [3.63, 3.8) is 0 Å². The summed E-state index contributed by atoms with van der Waals surface area (Å²) in [6.45, 7) is 2.98. The van der Waals surface area contributed by atoms with Crippen LogP contribution in [0.3, 0.4) is 0 Å². The smallest absolute Gasteiger partial charge is 0.0723 e. The molecule has 0 fully saturated rings. The van der Waals surface area contributed by atoms with Gasteiger partial charge in [0.15, 0.2) is 0 Å². The van der Waals surface area contributed by atoms with Gasteiger partial charge in [-0.25, -0.2) is 0 Å². The lowest BCUT2D eigenvalue weighted by Gasteiger charge is -2.23. The molecule has 1 aromatic rings.